The lowest BCUT2D eigenvalue weighted by atomic mass is 10.1. The molecule has 3 rings (SSSR count). The number of quaternary nitrogens is 1. The van der Waals surface area contributed by atoms with Gasteiger partial charge < -0.3 is 14.6 Å². The second-order valence-corrected chi connectivity index (χ2v) is 8.72. The largest absolute Gasteiger partial charge is 0.481 e. The number of halogens is 3. The van der Waals surface area contributed by atoms with E-state index >= 15 is 0 Å². The number of hydrogen-bond acceptors (Lipinski definition) is 4. The minimum absolute atomic E-state index is 0.0296. The Hall–Kier alpha value is -4.18. The number of aliphatic imine (C=N–C) groups is 1. The normalized spacial score (nSPS) is 12.2. The highest BCUT2D eigenvalue weighted by molar-refractivity contribution is 6.03. The van der Waals surface area contributed by atoms with Crippen LogP contribution < -0.4 is 14.8 Å². The molecule has 0 saturated heterocycles. The van der Waals surface area contributed by atoms with Gasteiger partial charge in [0.05, 0.1) is 5.56 Å². The van der Waals surface area contributed by atoms with E-state index in [1.54, 1.807) is 30.4 Å². The number of carboxylic acids is 1. The Morgan fingerprint density at radius 2 is 1.68 bits per heavy atom. The molecule has 0 aliphatic rings. The third-order valence-corrected chi connectivity index (χ3v) is 5.29. The van der Waals surface area contributed by atoms with Gasteiger partial charge in [-0.05, 0) is 68.8 Å². The minimum atomic E-state index is -4.47. The summed E-state index contributed by atoms with van der Waals surface area (Å²) in [5, 5.41) is 19.3. The van der Waals surface area contributed by atoms with Crippen LogP contribution in [-0.4, -0.2) is 35.0 Å². The molecule has 0 bridgehead atoms. The van der Waals surface area contributed by atoms with Crippen LogP contribution in [0.1, 0.15) is 30.5 Å². The highest BCUT2D eigenvalue weighted by Gasteiger charge is 2.31. The molecule has 194 valence electrons. The lowest BCUT2D eigenvalue weighted by Crippen LogP contribution is -2.83. The first-order valence-electron chi connectivity index (χ1n) is 11.2. The fourth-order valence-corrected chi connectivity index (χ4v) is 3.18. The number of aliphatic carboxylic acids is 1. The summed E-state index contributed by atoms with van der Waals surface area (Å²) in [7, 11) is 0. The van der Waals surface area contributed by atoms with Crippen molar-refractivity contribution in [2.45, 2.75) is 32.5 Å². The first kappa shape index (κ1) is 27.4. The zero-order valence-corrected chi connectivity index (χ0v) is 20.5. The molecule has 0 amide bonds. The van der Waals surface area contributed by atoms with Gasteiger partial charge in [-0.1, -0.05) is 30.3 Å². The average Bonchev–Trinajstić information content (AvgIpc) is 2.84. The Morgan fingerprint density at radius 3 is 2.24 bits per heavy atom. The van der Waals surface area contributed by atoms with Crippen LogP contribution in [-0.2, 0) is 11.0 Å². The third kappa shape index (κ3) is 7.65. The number of carboxylic acid groups (broad SMARTS) is 1. The molecule has 37 heavy (non-hydrogen) atoms. The average molecular weight is 515 g/mol. The van der Waals surface area contributed by atoms with Crippen LogP contribution in [0, 0.1) is 12.3 Å². The van der Waals surface area contributed by atoms with Crippen LogP contribution in [0.25, 0.3) is 0 Å². The number of nitrogens with one attached hydrogen (secondary N) is 1. The summed E-state index contributed by atoms with van der Waals surface area (Å²) in [4.78, 5) is 15.7. The number of alkyl halides is 3. The van der Waals surface area contributed by atoms with Gasteiger partial charge in [-0.3, -0.25) is 10.7 Å². The standard InChI is InChI=1S/C27H26F3N3O4/c1-17-15-21(13-14-22(17)37-26(2,3)25(34)35)36-16-23(32-20-7-5-4-6-8-20)33-24(31)18-9-11-19(12-10-18)27(28,29)30/h4-15H,16H2,1-3H3,(H,34,35)(H2,31,32,33)/p+1. The fourth-order valence-electron chi connectivity index (χ4n) is 3.18. The van der Waals surface area contributed by atoms with Crippen LogP contribution in [0.15, 0.2) is 77.8 Å². The van der Waals surface area contributed by atoms with Gasteiger partial charge in [0.25, 0.3) is 0 Å². The van der Waals surface area contributed by atoms with E-state index in [-0.39, 0.29) is 18.0 Å². The molecule has 0 saturated carbocycles. The van der Waals surface area contributed by atoms with E-state index < -0.39 is 23.3 Å². The second-order valence-electron chi connectivity index (χ2n) is 8.72. The Labute approximate surface area is 212 Å². The van der Waals surface area contributed by atoms with Gasteiger partial charge in [0.2, 0.25) is 5.84 Å². The van der Waals surface area contributed by atoms with E-state index in [0.717, 1.165) is 17.8 Å². The van der Waals surface area contributed by atoms with Crippen LogP contribution >= 0.6 is 0 Å². The van der Waals surface area contributed by atoms with Crippen molar-refractivity contribution >= 4 is 23.3 Å². The highest BCUT2D eigenvalue weighted by atomic mass is 19.4. The van der Waals surface area contributed by atoms with Crippen LogP contribution in [0.5, 0.6) is 11.5 Å². The fraction of sp³-hybridized carbons (Fsp3) is 0.222. The molecule has 0 aliphatic heterocycles. The molecule has 3 aromatic carbocycles. The summed E-state index contributed by atoms with van der Waals surface area (Å²) in [5.41, 5.74) is -0.515. The maximum atomic E-state index is 12.9. The summed E-state index contributed by atoms with van der Waals surface area (Å²) < 4.78 is 50.1. The molecule has 0 aliphatic carbocycles. The summed E-state index contributed by atoms with van der Waals surface area (Å²) in [6.45, 7) is 4.63. The van der Waals surface area contributed by atoms with Gasteiger partial charge in [0.1, 0.15) is 17.2 Å². The van der Waals surface area contributed by atoms with Gasteiger partial charge in [-0.2, -0.15) is 18.2 Å². The van der Waals surface area contributed by atoms with E-state index in [9.17, 15) is 23.1 Å². The molecular weight excluding hydrogens is 487 g/mol. The Bertz CT molecular complexity index is 1290. The van der Waals surface area contributed by atoms with Crippen molar-refractivity contribution in [1.29, 1.82) is 5.41 Å². The van der Waals surface area contributed by atoms with Crippen molar-refractivity contribution in [3.8, 4) is 11.5 Å². The molecule has 7 nitrogen and oxygen atoms in total. The Balaban J connectivity index is 1.79. The summed E-state index contributed by atoms with van der Waals surface area (Å²) in [5.74, 6) is -0.0711. The lowest BCUT2D eigenvalue weighted by Gasteiger charge is -2.23. The lowest BCUT2D eigenvalue weighted by molar-refractivity contribution is -0.447. The molecule has 0 unspecified atom stereocenters. The van der Waals surface area contributed by atoms with Crippen LogP contribution in [0.4, 0.5) is 18.9 Å². The Kier molecular flexibility index (Phi) is 8.34. The molecule has 10 heteroatoms. The van der Waals surface area contributed by atoms with Gasteiger partial charge >= 0.3 is 12.1 Å². The van der Waals surface area contributed by atoms with Gasteiger partial charge in [-0.25, -0.2) is 4.79 Å². The summed E-state index contributed by atoms with van der Waals surface area (Å²) >= 11 is 0. The SMILES string of the molecule is Cc1cc(OCC(=NC(=N)c2ccc(C(F)(F)F)cc2)[NH2+]c2ccccc2)ccc1OC(C)(C)C(=O)O. The molecular formula is C27H27F3N3O4+. The smallest absolute Gasteiger partial charge is 0.416 e. The van der Waals surface area contributed by atoms with Gasteiger partial charge in [0, 0.05) is 5.56 Å². The van der Waals surface area contributed by atoms with Crippen molar-refractivity contribution in [2.24, 2.45) is 4.99 Å². The van der Waals surface area contributed by atoms with E-state index in [2.05, 4.69) is 4.99 Å². The summed E-state index contributed by atoms with van der Waals surface area (Å²) in [6, 6.07) is 18.4. The van der Waals surface area contributed by atoms with Crippen molar-refractivity contribution in [2.75, 3.05) is 6.61 Å². The molecule has 0 aromatic heterocycles. The second kappa shape index (κ2) is 11.3. The van der Waals surface area contributed by atoms with E-state index in [0.29, 0.717) is 22.9 Å². The topological polar surface area (TPSA) is 109 Å². The molecule has 0 atom stereocenters. The number of rotatable bonds is 8. The zero-order valence-electron chi connectivity index (χ0n) is 20.5. The van der Waals surface area contributed by atoms with Crippen molar-refractivity contribution in [1.82, 2.24) is 0 Å². The highest BCUT2D eigenvalue weighted by Crippen LogP contribution is 2.29. The van der Waals surface area contributed by atoms with Gasteiger partial charge in [0.15, 0.2) is 18.0 Å². The number of benzene rings is 3. The summed E-state index contributed by atoms with van der Waals surface area (Å²) in [6.07, 6.45) is -4.47. The quantitative estimate of drug-likeness (QED) is 0.224. The molecule has 0 fully saturated rings. The Morgan fingerprint density at radius 1 is 1.03 bits per heavy atom. The van der Waals surface area contributed by atoms with E-state index in [4.69, 9.17) is 14.9 Å². The number of aryl methyl sites for hydroxylation is 1. The molecule has 3 aromatic rings. The third-order valence-electron chi connectivity index (χ3n) is 5.29. The van der Waals surface area contributed by atoms with Crippen molar-refractivity contribution < 1.29 is 37.9 Å². The predicted molar refractivity (Wildman–Crippen MR) is 133 cm³/mol. The number of nitrogens with zero attached hydrogens (tertiary/aromatic N) is 1. The number of nitrogens with two attached hydrogens (primary N) is 1. The van der Waals surface area contributed by atoms with Crippen molar-refractivity contribution in [3.05, 3.63) is 89.5 Å². The van der Waals surface area contributed by atoms with Crippen molar-refractivity contribution in [3.63, 3.8) is 0 Å². The maximum absolute atomic E-state index is 12.9. The molecule has 4 N–H and O–H groups in total. The first-order chi connectivity index (χ1) is 17.3. The van der Waals surface area contributed by atoms with E-state index in [1.165, 1.54) is 26.0 Å². The predicted octanol–water partition coefficient (Wildman–Crippen LogP) is 4.95. The van der Waals surface area contributed by atoms with Crippen LogP contribution in [0.3, 0.4) is 0 Å². The molecule has 0 radical (unpaired) electrons. The monoisotopic (exact) mass is 514 g/mol. The van der Waals surface area contributed by atoms with Crippen LogP contribution in [0.2, 0.25) is 0 Å². The maximum Gasteiger partial charge on any atom is 0.416 e. The number of hydrogen-bond donors (Lipinski definition) is 3. The number of para-hydroxylation sites is 1. The molecule has 0 heterocycles. The molecule has 0 spiro atoms. The zero-order chi connectivity index (χ0) is 27.2. The number of carbonyl (C=O) groups is 1. The van der Waals surface area contributed by atoms with E-state index in [1.807, 2.05) is 30.3 Å². The minimum Gasteiger partial charge on any atom is -0.481 e. The van der Waals surface area contributed by atoms with Gasteiger partial charge in [-0.15, -0.1) is 0 Å². The first-order valence-corrected chi connectivity index (χ1v) is 11.2. The number of ether oxygens (including phenoxy) is 2. The number of amidine groups is 2.